The molecular formula is C10H14N2O3S. The van der Waals surface area contributed by atoms with Crippen LogP contribution < -0.4 is 15.2 Å². The van der Waals surface area contributed by atoms with E-state index in [4.69, 9.17) is 10.5 Å². The molecule has 0 spiro atoms. The third kappa shape index (κ3) is 2.21. The summed E-state index contributed by atoms with van der Waals surface area (Å²) in [6.07, 6.45) is 1.46. The highest BCUT2D eigenvalue weighted by Gasteiger charge is 2.35. The van der Waals surface area contributed by atoms with Gasteiger partial charge in [-0.2, -0.15) is 0 Å². The zero-order valence-electron chi connectivity index (χ0n) is 8.93. The largest absolute Gasteiger partial charge is 0.497 e. The number of anilines is 2. The van der Waals surface area contributed by atoms with E-state index >= 15 is 0 Å². The number of nitrogens with one attached hydrogen (secondary N) is 1. The number of sulfonamides is 1. The molecule has 0 radical (unpaired) electrons. The van der Waals surface area contributed by atoms with E-state index in [1.54, 1.807) is 18.2 Å². The number of nitrogens with two attached hydrogens (primary N) is 1. The Labute approximate surface area is 94.6 Å². The molecule has 2 rings (SSSR count). The molecule has 1 aliphatic carbocycles. The summed E-state index contributed by atoms with van der Waals surface area (Å²) >= 11 is 0. The highest BCUT2D eigenvalue weighted by atomic mass is 32.2. The van der Waals surface area contributed by atoms with Gasteiger partial charge in [0, 0.05) is 6.07 Å². The molecule has 3 N–H and O–H groups in total. The van der Waals surface area contributed by atoms with Crippen LogP contribution in [-0.4, -0.2) is 20.8 Å². The Morgan fingerprint density at radius 1 is 1.44 bits per heavy atom. The molecule has 0 saturated heterocycles. The van der Waals surface area contributed by atoms with Gasteiger partial charge in [0.1, 0.15) is 5.75 Å². The summed E-state index contributed by atoms with van der Waals surface area (Å²) in [5.74, 6) is 0.604. The van der Waals surface area contributed by atoms with Crippen LogP contribution in [0, 0.1) is 0 Å². The van der Waals surface area contributed by atoms with Gasteiger partial charge in [-0.15, -0.1) is 0 Å². The van der Waals surface area contributed by atoms with E-state index in [-0.39, 0.29) is 5.25 Å². The highest BCUT2D eigenvalue weighted by molar-refractivity contribution is 7.93. The van der Waals surface area contributed by atoms with Gasteiger partial charge in [-0.3, -0.25) is 4.72 Å². The maximum absolute atomic E-state index is 11.7. The quantitative estimate of drug-likeness (QED) is 0.777. The van der Waals surface area contributed by atoms with Crippen molar-refractivity contribution in [2.24, 2.45) is 0 Å². The smallest absolute Gasteiger partial charge is 0.235 e. The summed E-state index contributed by atoms with van der Waals surface area (Å²) in [6, 6.07) is 4.86. The molecule has 0 unspecified atom stereocenters. The van der Waals surface area contributed by atoms with E-state index in [9.17, 15) is 8.42 Å². The molecule has 1 aromatic rings. The number of hydrogen-bond acceptors (Lipinski definition) is 4. The molecule has 6 heteroatoms. The van der Waals surface area contributed by atoms with E-state index in [0.717, 1.165) is 12.8 Å². The van der Waals surface area contributed by atoms with Crippen LogP contribution in [0.5, 0.6) is 5.75 Å². The minimum Gasteiger partial charge on any atom is -0.497 e. The lowest BCUT2D eigenvalue weighted by Gasteiger charge is -2.10. The molecule has 1 aliphatic rings. The van der Waals surface area contributed by atoms with Gasteiger partial charge in [-0.1, -0.05) is 0 Å². The molecule has 0 atom stereocenters. The van der Waals surface area contributed by atoms with E-state index in [0.29, 0.717) is 17.1 Å². The number of nitrogen functional groups attached to an aromatic ring is 1. The first-order valence-corrected chi connectivity index (χ1v) is 6.53. The number of ether oxygens (including phenoxy) is 1. The van der Waals surface area contributed by atoms with E-state index in [1.165, 1.54) is 7.11 Å². The van der Waals surface area contributed by atoms with Crippen molar-refractivity contribution in [2.45, 2.75) is 18.1 Å². The normalized spacial score (nSPS) is 15.8. The summed E-state index contributed by atoms with van der Waals surface area (Å²) in [6.45, 7) is 0. The fraction of sp³-hybridized carbons (Fsp3) is 0.400. The number of hydrogen-bond donors (Lipinski definition) is 2. The maximum atomic E-state index is 11.7. The summed E-state index contributed by atoms with van der Waals surface area (Å²) < 4.78 is 30.8. The summed E-state index contributed by atoms with van der Waals surface area (Å²) in [7, 11) is -1.72. The number of rotatable bonds is 4. The molecule has 1 aromatic carbocycles. The van der Waals surface area contributed by atoms with Gasteiger partial charge in [0.2, 0.25) is 10.0 Å². The molecule has 88 valence electrons. The SMILES string of the molecule is COc1ccc(NS(=O)(=O)C2CC2)c(N)c1. The first-order valence-electron chi connectivity index (χ1n) is 4.98. The van der Waals surface area contributed by atoms with E-state index in [1.807, 2.05) is 0 Å². The van der Waals surface area contributed by atoms with Gasteiger partial charge in [-0.05, 0) is 25.0 Å². The van der Waals surface area contributed by atoms with Crippen molar-refractivity contribution in [3.05, 3.63) is 18.2 Å². The zero-order chi connectivity index (χ0) is 11.8. The molecule has 1 saturated carbocycles. The fourth-order valence-electron chi connectivity index (χ4n) is 1.38. The van der Waals surface area contributed by atoms with Gasteiger partial charge in [0.05, 0.1) is 23.7 Å². The fourth-order valence-corrected chi connectivity index (χ4v) is 2.79. The molecule has 0 amide bonds. The van der Waals surface area contributed by atoms with Gasteiger partial charge in [-0.25, -0.2) is 8.42 Å². The topological polar surface area (TPSA) is 81.4 Å². The third-order valence-electron chi connectivity index (χ3n) is 2.47. The Morgan fingerprint density at radius 2 is 2.12 bits per heavy atom. The van der Waals surface area contributed by atoms with E-state index in [2.05, 4.69) is 4.72 Å². The van der Waals surface area contributed by atoms with Crippen LogP contribution in [0.1, 0.15) is 12.8 Å². The van der Waals surface area contributed by atoms with Crippen LogP contribution in [-0.2, 0) is 10.0 Å². The molecule has 0 bridgehead atoms. The highest BCUT2D eigenvalue weighted by Crippen LogP contribution is 2.32. The average molecular weight is 242 g/mol. The lowest BCUT2D eigenvalue weighted by atomic mass is 10.2. The minimum absolute atomic E-state index is 0.256. The molecule has 0 heterocycles. The Kier molecular flexibility index (Phi) is 2.67. The maximum Gasteiger partial charge on any atom is 0.235 e. The summed E-state index contributed by atoms with van der Waals surface area (Å²) in [4.78, 5) is 0. The second-order valence-corrected chi connectivity index (χ2v) is 5.76. The number of benzene rings is 1. The van der Waals surface area contributed by atoms with Gasteiger partial charge < -0.3 is 10.5 Å². The Hall–Kier alpha value is -1.43. The first-order chi connectivity index (χ1) is 7.53. The minimum atomic E-state index is -3.25. The van der Waals surface area contributed by atoms with Crippen molar-refractivity contribution in [3.8, 4) is 5.75 Å². The van der Waals surface area contributed by atoms with Gasteiger partial charge >= 0.3 is 0 Å². The second kappa shape index (κ2) is 3.86. The predicted octanol–water partition coefficient (Wildman–Crippen LogP) is 1.18. The third-order valence-corrected chi connectivity index (χ3v) is 4.33. The predicted molar refractivity (Wildman–Crippen MR) is 63.0 cm³/mol. The lowest BCUT2D eigenvalue weighted by molar-refractivity contribution is 0.415. The number of methoxy groups -OCH3 is 1. The molecule has 0 aliphatic heterocycles. The van der Waals surface area contributed by atoms with Crippen molar-refractivity contribution in [1.29, 1.82) is 0 Å². The van der Waals surface area contributed by atoms with Crippen LogP contribution in [0.3, 0.4) is 0 Å². The Bertz CT molecular complexity index is 495. The standard InChI is InChI=1S/C10H14N2O3S/c1-15-7-2-5-10(9(11)6-7)12-16(13,14)8-3-4-8/h2,5-6,8,12H,3-4,11H2,1H3. The van der Waals surface area contributed by atoms with Crippen molar-refractivity contribution >= 4 is 21.4 Å². The zero-order valence-corrected chi connectivity index (χ0v) is 9.75. The van der Waals surface area contributed by atoms with Crippen LogP contribution >= 0.6 is 0 Å². The molecular weight excluding hydrogens is 228 g/mol. The summed E-state index contributed by atoms with van der Waals surface area (Å²) in [5, 5.41) is -0.256. The van der Waals surface area contributed by atoms with Crippen LogP contribution in [0.25, 0.3) is 0 Å². The van der Waals surface area contributed by atoms with Crippen LogP contribution in [0.2, 0.25) is 0 Å². The Balaban J connectivity index is 2.21. The first kappa shape index (κ1) is 11.1. The van der Waals surface area contributed by atoms with Gasteiger partial charge in [0.25, 0.3) is 0 Å². The van der Waals surface area contributed by atoms with Crippen molar-refractivity contribution in [3.63, 3.8) is 0 Å². The van der Waals surface area contributed by atoms with Gasteiger partial charge in [0.15, 0.2) is 0 Å². The van der Waals surface area contributed by atoms with Crippen molar-refractivity contribution in [1.82, 2.24) is 0 Å². The molecule has 5 nitrogen and oxygen atoms in total. The van der Waals surface area contributed by atoms with Crippen molar-refractivity contribution in [2.75, 3.05) is 17.6 Å². The van der Waals surface area contributed by atoms with Crippen LogP contribution in [0.15, 0.2) is 18.2 Å². The molecule has 1 fully saturated rings. The molecule has 0 aromatic heterocycles. The Morgan fingerprint density at radius 3 is 2.62 bits per heavy atom. The average Bonchev–Trinajstić information content (AvgIpc) is 3.04. The lowest BCUT2D eigenvalue weighted by Crippen LogP contribution is -2.18. The molecule has 16 heavy (non-hydrogen) atoms. The monoisotopic (exact) mass is 242 g/mol. The van der Waals surface area contributed by atoms with E-state index < -0.39 is 10.0 Å². The second-order valence-electron chi connectivity index (χ2n) is 3.80. The summed E-state index contributed by atoms with van der Waals surface area (Å²) in [5.41, 5.74) is 6.49. The van der Waals surface area contributed by atoms with Crippen LogP contribution in [0.4, 0.5) is 11.4 Å². The van der Waals surface area contributed by atoms with Crippen molar-refractivity contribution < 1.29 is 13.2 Å².